The molecule has 2 saturated heterocycles. The summed E-state index contributed by atoms with van der Waals surface area (Å²) in [7, 11) is 0. The first-order valence-electron chi connectivity index (χ1n) is 12.3. The minimum atomic E-state index is -2.63. The lowest BCUT2D eigenvalue weighted by molar-refractivity contribution is -0.347. The van der Waals surface area contributed by atoms with Crippen LogP contribution in [0, 0.1) is 0 Å². The molecule has 2 fully saturated rings. The fourth-order valence-electron chi connectivity index (χ4n) is 4.14. The molecule has 1 unspecified atom stereocenters. The smallest absolute Gasteiger partial charge is 0.303 e. The number of hydrogen-bond donors (Lipinski definition) is 0. The van der Waals surface area contributed by atoms with Gasteiger partial charge in [0, 0.05) is 41.5 Å². The van der Waals surface area contributed by atoms with Gasteiger partial charge in [-0.05, 0) is 0 Å². The van der Waals surface area contributed by atoms with Crippen LogP contribution in [-0.4, -0.2) is 111 Å². The van der Waals surface area contributed by atoms with Gasteiger partial charge in [-0.1, -0.05) is 0 Å². The molecule has 0 radical (unpaired) electrons. The van der Waals surface area contributed by atoms with Crippen LogP contribution in [0.5, 0.6) is 0 Å². The van der Waals surface area contributed by atoms with E-state index in [0.717, 1.165) is 41.5 Å². The summed E-state index contributed by atoms with van der Waals surface area (Å²) in [5.74, 6) is -5.38. The molecule has 0 spiro atoms. The Morgan fingerprint density at radius 2 is 0.951 bits per heavy atom. The molecule has 0 aliphatic carbocycles. The average Bonchev–Trinajstić information content (AvgIpc) is 2.83. The van der Waals surface area contributed by atoms with Crippen LogP contribution in [0.15, 0.2) is 0 Å². The number of alkyl halides is 2. The van der Waals surface area contributed by atoms with E-state index in [1.165, 1.54) is 0 Å². The van der Waals surface area contributed by atoms with Crippen LogP contribution in [0.3, 0.4) is 0 Å². The summed E-state index contributed by atoms with van der Waals surface area (Å²) in [4.78, 5) is 70.6. The van der Waals surface area contributed by atoms with Crippen LogP contribution in [0.2, 0.25) is 0 Å². The zero-order chi connectivity index (χ0) is 31.0. The summed E-state index contributed by atoms with van der Waals surface area (Å²) in [6.45, 7) is 4.73. The highest BCUT2D eigenvalue weighted by molar-refractivity contribution is 5.69. The van der Waals surface area contributed by atoms with E-state index in [1.54, 1.807) is 0 Å². The minimum Gasteiger partial charge on any atom is -0.463 e. The molecule has 0 saturated carbocycles. The minimum absolute atomic E-state index is 0.596. The van der Waals surface area contributed by atoms with Gasteiger partial charge in [0.2, 0.25) is 6.36 Å². The van der Waals surface area contributed by atoms with E-state index in [4.69, 9.17) is 42.6 Å². The summed E-state index contributed by atoms with van der Waals surface area (Å²) in [6, 6.07) is 0. The van der Waals surface area contributed by atoms with Crippen molar-refractivity contribution in [2.45, 2.75) is 103 Å². The lowest BCUT2D eigenvalue weighted by Crippen LogP contribution is -2.66. The summed E-state index contributed by atoms with van der Waals surface area (Å²) in [6.07, 6.45) is -18.8. The monoisotopic (exact) mass is 598 g/mol. The zero-order valence-corrected chi connectivity index (χ0v) is 23.1. The van der Waals surface area contributed by atoms with Gasteiger partial charge in [-0.2, -0.15) is 0 Å². The van der Waals surface area contributed by atoms with Gasteiger partial charge in [-0.25, -0.2) is 8.78 Å². The molecule has 0 bridgehead atoms. The summed E-state index contributed by atoms with van der Waals surface area (Å²) < 4.78 is 76.6. The van der Waals surface area contributed by atoms with Crippen molar-refractivity contribution >= 4 is 35.8 Å². The molecule has 2 rings (SSSR count). The van der Waals surface area contributed by atoms with Crippen molar-refractivity contribution in [2.75, 3.05) is 13.2 Å². The fraction of sp³-hybridized carbons (Fsp3) is 0.750. The highest BCUT2D eigenvalue weighted by atomic mass is 19.2. The van der Waals surface area contributed by atoms with Crippen molar-refractivity contribution in [1.82, 2.24) is 0 Å². The molecule has 17 heteroatoms. The summed E-state index contributed by atoms with van der Waals surface area (Å²) in [5.41, 5.74) is 0. The largest absolute Gasteiger partial charge is 0.463 e. The van der Waals surface area contributed by atoms with E-state index < -0.39 is 111 Å². The lowest BCUT2D eigenvalue weighted by atomic mass is 9.96. The highest BCUT2D eigenvalue weighted by Crippen LogP contribution is 2.35. The summed E-state index contributed by atoms with van der Waals surface area (Å²) >= 11 is 0. The predicted molar refractivity (Wildman–Crippen MR) is 124 cm³/mol. The molecule has 15 nitrogen and oxygen atoms in total. The molecule has 0 N–H and O–H groups in total. The van der Waals surface area contributed by atoms with Gasteiger partial charge >= 0.3 is 35.8 Å². The van der Waals surface area contributed by atoms with Gasteiger partial charge in [0.15, 0.2) is 36.9 Å². The van der Waals surface area contributed by atoms with Crippen LogP contribution in [0.25, 0.3) is 0 Å². The van der Waals surface area contributed by atoms with E-state index in [9.17, 15) is 37.5 Å². The third-order valence-corrected chi connectivity index (χ3v) is 5.55. The van der Waals surface area contributed by atoms with Crippen LogP contribution in [-0.2, 0) is 71.4 Å². The Bertz CT molecular complexity index is 990. The fourth-order valence-corrected chi connectivity index (χ4v) is 4.14. The van der Waals surface area contributed by atoms with E-state index >= 15 is 0 Å². The second-order valence-electron chi connectivity index (χ2n) is 9.02. The van der Waals surface area contributed by atoms with E-state index in [-0.39, 0.29) is 0 Å². The molecule has 0 aromatic heterocycles. The second kappa shape index (κ2) is 15.0. The molecule has 232 valence electrons. The topological polar surface area (TPSA) is 185 Å². The lowest BCUT2D eigenvalue weighted by Gasteiger charge is -2.47. The van der Waals surface area contributed by atoms with Crippen molar-refractivity contribution in [3.05, 3.63) is 0 Å². The SMILES string of the molecule is CC(=O)OC[C@H]1O[C@H](F)[C@H](F)[C@@H](OC(C)=O)C1O[C@@H]1O[C@H](COC(C)=O)[C@H](OC(C)=O)[C@H](OC(C)=O)[C@H]1OC(C)=O. The Hall–Kier alpha value is -3.44. The van der Waals surface area contributed by atoms with E-state index in [1.807, 2.05) is 0 Å². The second-order valence-corrected chi connectivity index (χ2v) is 9.02. The highest BCUT2D eigenvalue weighted by Gasteiger charge is 2.57. The number of halogens is 2. The molecular weight excluding hydrogens is 566 g/mol. The quantitative estimate of drug-likeness (QED) is 0.241. The van der Waals surface area contributed by atoms with Gasteiger partial charge in [0.25, 0.3) is 0 Å². The van der Waals surface area contributed by atoms with Crippen LogP contribution >= 0.6 is 0 Å². The first kappa shape index (κ1) is 33.8. The Kier molecular flexibility index (Phi) is 12.3. The maximum absolute atomic E-state index is 15.0. The van der Waals surface area contributed by atoms with E-state index in [2.05, 4.69) is 0 Å². The predicted octanol–water partition coefficient (Wildman–Crippen LogP) is -0.0180. The normalized spacial score (nSPS) is 33.1. The average molecular weight is 599 g/mol. The Morgan fingerprint density at radius 3 is 1.41 bits per heavy atom. The zero-order valence-electron chi connectivity index (χ0n) is 23.1. The van der Waals surface area contributed by atoms with E-state index in [0.29, 0.717) is 0 Å². The summed E-state index contributed by atoms with van der Waals surface area (Å²) in [5, 5.41) is 0. The van der Waals surface area contributed by atoms with Gasteiger partial charge in [0.05, 0.1) is 0 Å². The molecule has 0 amide bonds. The van der Waals surface area contributed by atoms with Gasteiger partial charge in [-0.15, -0.1) is 0 Å². The molecule has 0 aromatic carbocycles. The number of carbonyl (C=O) groups is 6. The van der Waals surface area contributed by atoms with Crippen molar-refractivity contribution < 1.29 is 80.2 Å². The van der Waals surface area contributed by atoms with Crippen molar-refractivity contribution in [1.29, 1.82) is 0 Å². The van der Waals surface area contributed by atoms with Crippen LogP contribution in [0.4, 0.5) is 8.78 Å². The molecule has 0 aromatic rings. The standard InChI is InChI=1S/C24H32F2O15/c1-9(27)33-7-15-18(20(36-12(4)30)17(25)23(26)39-15)41-24-22(38-14(6)32)21(37-13(5)31)19(35-11(3)29)16(40-24)8-34-10(2)28/h15-24H,7-8H2,1-6H3/t15-,16-,17-,18?,19+,20-,21+,22-,23+,24+/m1/s1. The molecule has 10 atom stereocenters. The molecule has 2 aliphatic heterocycles. The Labute approximate surface area is 232 Å². The van der Waals surface area contributed by atoms with Crippen molar-refractivity contribution in [2.24, 2.45) is 0 Å². The number of esters is 6. The Balaban J connectivity index is 2.58. The first-order chi connectivity index (χ1) is 19.1. The third kappa shape index (κ3) is 9.86. The molecule has 2 aliphatic rings. The third-order valence-electron chi connectivity index (χ3n) is 5.55. The molecular formula is C24H32F2O15. The van der Waals surface area contributed by atoms with Crippen molar-refractivity contribution in [3.63, 3.8) is 0 Å². The van der Waals surface area contributed by atoms with Crippen LogP contribution < -0.4 is 0 Å². The first-order valence-corrected chi connectivity index (χ1v) is 12.3. The molecule has 41 heavy (non-hydrogen) atoms. The number of hydrogen-bond acceptors (Lipinski definition) is 15. The number of ether oxygens (including phenoxy) is 9. The number of rotatable bonds is 10. The Morgan fingerprint density at radius 1 is 0.537 bits per heavy atom. The van der Waals surface area contributed by atoms with Gasteiger partial charge in [0.1, 0.15) is 31.5 Å². The van der Waals surface area contributed by atoms with Crippen molar-refractivity contribution in [3.8, 4) is 0 Å². The molecule has 2 heterocycles. The maximum Gasteiger partial charge on any atom is 0.303 e. The van der Waals surface area contributed by atoms with Crippen LogP contribution in [0.1, 0.15) is 41.5 Å². The number of carbonyl (C=O) groups excluding carboxylic acids is 6. The van der Waals surface area contributed by atoms with Gasteiger partial charge < -0.3 is 42.6 Å². The maximum atomic E-state index is 15.0. The van der Waals surface area contributed by atoms with Gasteiger partial charge in [-0.3, -0.25) is 28.8 Å².